The number of hydrogen-bond donors (Lipinski definition) is 2. The Labute approximate surface area is 106 Å². The predicted octanol–water partition coefficient (Wildman–Crippen LogP) is 1.77. The van der Waals surface area contributed by atoms with E-state index in [2.05, 4.69) is 5.32 Å². The monoisotopic (exact) mass is 247 g/mol. The lowest BCUT2D eigenvalue weighted by atomic mass is 10.1. The van der Waals surface area contributed by atoms with Crippen LogP contribution in [0, 0.1) is 0 Å². The van der Waals surface area contributed by atoms with Crippen molar-refractivity contribution in [3.8, 4) is 0 Å². The Kier molecular flexibility index (Phi) is 3.65. The van der Waals surface area contributed by atoms with E-state index in [0.717, 1.165) is 19.3 Å². The van der Waals surface area contributed by atoms with Gasteiger partial charge in [0.1, 0.15) is 6.04 Å². The van der Waals surface area contributed by atoms with Gasteiger partial charge in [0.05, 0.1) is 0 Å². The number of carbonyl (C=O) groups excluding carboxylic acids is 1. The summed E-state index contributed by atoms with van der Waals surface area (Å²) in [6.07, 6.45) is 3.59. The topological polar surface area (TPSA) is 66.4 Å². The van der Waals surface area contributed by atoms with Crippen molar-refractivity contribution in [2.24, 2.45) is 0 Å². The molecule has 1 aromatic rings. The van der Waals surface area contributed by atoms with Crippen LogP contribution >= 0.6 is 0 Å². The van der Waals surface area contributed by atoms with E-state index in [-0.39, 0.29) is 5.91 Å². The molecule has 2 rings (SSSR count). The Morgan fingerprint density at radius 1 is 1.33 bits per heavy atom. The standard InChI is InChI=1S/C14H17NO3/c1-2-12(14(17)18)15-13(16)11-7-6-9-4-3-5-10(9)8-11/h6-8,12H,2-5H2,1H3,(H,15,16)(H,17,18)/t12-/m0/s1. The van der Waals surface area contributed by atoms with Gasteiger partial charge in [-0.15, -0.1) is 0 Å². The highest BCUT2D eigenvalue weighted by Crippen LogP contribution is 2.22. The molecule has 0 spiro atoms. The van der Waals surface area contributed by atoms with Crippen LogP contribution in [-0.2, 0) is 17.6 Å². The molecule has 0 radical (unpaired) electrons. The van der Waals surface area contributed by atoms with Crippen LogP contribution in [0.3, 0.4) is 0 Å². The Morgan fingerprint density at radius 2 is 2.06 bits per heavy atom. The molecule has 0 fully saturated rings. The maximum absolute atomic E-state index is 11.9. The number of carbonyl (C=O) groups is 2. The van der Waals surface area contributed by atoms with Crippen molar-refractivity contribution in [3.63, 3.8) is 0 Å². The van der Waals surface area contributed by atoms with E-state index in [0.29, 0.717) is 12.0 Å². The zero-order valence-electron chi connectivity index (χ0n) is 10.4. The molecular formula is C14H17NO3. The number of carboxylic acids is 1. The van der Waals surface area contributed by atoms with Crippen molar-refractivity contribution in [3.05, 3.63) is 34.9 Å². The normalized spacial score (nSPS) is 14.9. The summed E-state index contributed by atoms with van der Waals surface area (Å²) in [5.41, 5.74) is 3.07. The van der Waals surface area contributed by atoms with E-state index in [1.165, 1.54) is 11.1 Å². The van der Waals surface area contributed by atoms with Crippen LogP contribution in [0.25, 0.3) is 0 Å². The Hall–Kier alpha value is -1.84. The number of carboxylic acid groups (broad SMARTS) is 1. The third-order valence-electron chi connectivity index (χ3n) is 3.37. The fraction of sp³-hybridized carbons (Fsp3) is 0.429. The lowest BCUT2D eigenvalue weighted by molar-refractivity contribution is -0.139. The van der Waals surface area contributed by atoms with Crippen molar-refractivity contribution >= 4 is 11.9 Å². The lowest BCUT2D eigenvalue weighted by Crippen LogP contribution is -2.40. The van der Waals surface area contributed by atoms with E-state index in [1.54, 1.807) is 13.0 Å². The summed E-state index contributed by atoms with van der Waals surface area (Å²) in [5.74, 6) is -1.30. The van der Waals surface area contributed by atoms with Gasteiger partial charge in [0.15, 0.2) is 0 Å². The summed E-state index contributed by atoms with van der Waals surface area (Å²) in [6, 6.07) is 4.81. The van der Waals surface area contributed by atoms with Gasteiger partial charge in [0.25, 0.3) is 5.91 Å². The van der Waals surface area contributed by atoms with Gasteiger partial charge < -0.3 is 10.4 Å². The third kappa shape index (κ3) is 2.53. The molecular weight excluding hydrogens is 230 g/mol. The van der Waals surface area contributed by atoms with Crippen LogP contribution in [-0.4, -0.2) is 23.0 Å². The van der Waals surface area contributed by atoms with E-state index in [9.17, 15) is 9.59 Å². The average molecular weight is 247 g/mol. The molecule has 4 heteroatoms. The molecule has 18 heavy (non-hydrogen) atoms. The van der Waals surface area contributed by atoms with Crippen LogP contribution in [0.1, 0.15) is 41.3 Å². The Morgan fingerprint density at radius 3 is 2.72 bits per heavy atom. The van der Waals surface area contributed by atoms with Gasteiger partial charge in [-0.05, 0) is 48.9 Å². The molecule has 0 saturated heterocycles. The quantitative estimate of drug-likeness (QED) is 0.852. The van der Waals surface area contributed by atoms with E-state index in [1.807, 2.05) is 12.1 Å². The largest absolute Gasteiger partial charge is 0.480 e. The maximum atomic E-state index is 11.9. The van der Waals surface area contributed by atoms with Crippen LogP contribution in [0.15, 0.2) is 18.2 Å². The first-order valence-corrected chi connectivity index (χ1v) is 6.27. The summed E-state index contributed by atoms with van der Waals surface area (Å²) in [4.78, 5) is 22.8. The van der Waals surface area contributed by atoms with Gasteiger partial charge >= 0.3 is 5.97 Å². The zero-order valence-corrected chi connectivity index (χ0v) is 10.4. The fourth-order valence-corrected chi connectivity index (χ4v) is 2.29. The molecule has 1 atom stereocenters. The van der Waals surface area contributed by atoms with Gasteiger partial charge in [-0.3, -0.25) is 4.79 Å². The van der Waals surface area contributed by atoms with Crippen LogP contribution < -0.4 is 5.32 Å². The minimum absolute atomic E-state index is 0.307. The number of fused-ring (bicyclic) bond motifs is 1. The zero-order chi connectivity index (χ0) is 13.1. The van der Waals surface area contributed by atoms with Crippen LogP contribution in [0.2, 0.25) is 0 Å². The Bertz CT molecular complexity index is 482. The molecule has 1 amide bonds. The first kappa shape index (κ1) is 12.6. The molecule has 0 aliphatic heterocycles. The number of aliphatic carboxylic acids is 1. The number of nitrogens with one attached hydrogen (secondary N) is 1. The number of hydrogen-bond acceptors (Lipinski definition) is 2. The summed E-state index contributed by atoms with van der Waals surface area (Å²) in [7, 11) is 0. The van der Waals surface area contributed by atoms with E-state index < -0.39 is 12.0 Å². The SMILES string of the molecule is CC[C@H](NC(=O)c1ccc2c(c1)CCC2)C(=O)O. The van der Waals surface area contributed by atoms with Gasteiger partial charge in [-0.1, -0.05) is 13.0 Å². The maximum Gasteiger partial charge on any atom is 0.326 e. The minimum atomic E-state index is -0.994. The molecule has 0 unspecified atom stereocenters. The number of amides is 1. The van der Waals surface area contributed by atoms with E-state index >= 15 is 0 Å². The number of aryl methyl sites for hydroxylation is 2. The summed E-state index contributed by atoms with van der Waals surface area (Å²) >= 11 is 0. The van der Waals surface area contributed by atoms with Crippen molar-refractivity contribution < 1.29 is 14.7 Å². The fourth-order valence-electron chi connectivity index (χ4n) is 2.29. The lowest BCUT2D eigenvalue weighted by Gasteiger charge is -2.12. The highest BCUT2D eigenvalue weighted by molar-refractivity contribution is 5.96. The second kappa shape index (κ2) is 5.21. The minimum Gasteiger partial charge on any atom is -0.480 e. The highest BCUT2D eigenvalue weighted by atomic mass is 16.4. The summed E-state index contributed by atoms with van der Waals surface area (Å²) < 4.78 is 0. The van der Waals surface area contributed by atoms with Crippen molar-refractivity contribution in [2.75, 3.05) is 0 Å². The van der Waals surface area contributed by atoms with Crippen molar-refractivity contribution in [2.45, 2.75) is 38.6 Å². The van der Waals surface area contributed by atoms with Crippen LogP contribution in [0.4, 0.5) is 0 Å². The number of rotatable bonds is 4. The van der Waals surface area contributed by atoms with Gasteiger partial charge in [0.2, 0.25) is 0 Å². The predicted molar refractivity (Wildman–Crippen MR) is 67.6 cm³/mol. The third-order valence-corrected chi connectivity index (χ3v) is 3.37. The molecule has 4 nitrogen and oxygen atoms in total. The smallest absolute Gasteiger partial charge is 0.326 e. The van der Waals surface area contributed by atoms with E-state index in [4.69, 9.17) is 5.11 Å². The molecule has 2 N–H and O–H groups in total. The molecule has 96 valence electrons. The molecule has 0 aromatic heterocycles. The van der Waals surface area contributed by atoms with Gasteiger partial charge in [-0.25, -0.2) is 4.79 Å². The first-order valence-electron chi connectivity index (χ1n) is 6.27. The molecule has 0 heterocycles. The highest BCUT2D eigenvalue weighted by Gasteiger charge is 2.19. The van der Waals surface area contributed by atoms with Gasteiger partial charge in [-0.2, -0.15) is 0 Å². The molecule has 0 saturated carbocycles. The second-order valence-corrected chi connectivity index (χ2v) is 4.61. The molecule has 1 aliphatic rings. The summed E-state index contributed by atoms with van der Waals surface area (Å²) in [6.45, 7) is 1.74. The number of benzene rings is 1. The second-order valence-electron chi connectivity index (χ2n) is 4.61. The molecule has 1 aromatic carbocycles. The Balaban J connectivity index is 2.12. The summed E-state index contributed by atoms with van der Waals surface area (Å²) in [5, 5.41) is 11.4. The van der Waals surface area contributed by atoms with Crippen molar-refractivity contribution in [1.29, 1.82) is 0 Å². The molecule has 0 bridgehead atoms. The van der Waals surface area contributed by atoms with Crippen molar-refractivity contribution in [1.82, 2.24) is 5.32 Å². The van der Waals surface area contributed by atoms with Gasteiger partial charge in [0, 0.05) is 5.56 Å². The first-order chi connectivity index (χ1) is 8.61. The average Bonchev–Trinajstić information content (AvgIpc) is 2.82. The van der Waals surface area contributed by atoms with Crippen LogP contribution in [0.5, 0.6) is 0 Å². The molecule has 1 aliphatic carbocycles.